The van der Waals surface area contributed by atoms with Crippen LogP contribution in [-0.2, 0) is 9.53 Å². The molecule has 1 fully saturated rings. The van der Waals surface area contributed by atoms with Gasteiger partial charge in [0.1, 0.15) is 5.60 Å². The molecule has 76 valence electrons. The first-order valence-corrected chi connectivity index (χ1v) is 4.88. The molecule has 0 aliphatic heterocycles. The molecule has 0 aromatic heterocycles. The maximum Gasteiger partial charge on any atom is 0.311 e. The van der Waals surface area contributed by atoms with Crippen LogP contribution < -0.4 is 5.73 Å². The first kappa shape index (κ1) is 10.5. The van der Waals surface area contributed by atoms with E-state index in [9.17, 15) is 4.79 Å². The van der Waals surface area contributed by atoms with Crippen molar-refractivity contribution in [2.45, 2.75) is 51.7 Å². The topological polar surface area (TPSA) is 52.3 Å². The van der Waals surface area contributed by atoms with Gasteiger partial charge in [-0.3, -0.25) is 4.79 Å². The molecule has 0 aromatic rings. The molecule has 13 heavy (non-hydrogen) atoms. The average Bonchev–Trinajstić information content (AvgIpc) is 2.30. The lowest BCUT2D eigenvalue weighted by atomic mass is 10.0. The second-order valence-electron chi connectivity index (χ2n) is 4.73. The Labute approximate surface area is 79.6 Å². The van der Waals surface area contributed by atoms with Crippen LogP contribution in [-0.4, -0.2) is 17.6 Å². The highest BCUT2D eigenvalue weighted by Gasteiger charge is 2.33. The highest BCUT2D eigenvalue weighted by atomic mass is 16.6. The van der Waals surface area contributed by atoms with Crippen molar-refractivity contribution in [1.82, 2.24) is 0 Å². The van der Waals surface area contributed by atoms with Gasteiger partial charge in [-0.2, -0.15) is 0 Å². The molecule has 0 amide bonds. The monoisotopic (exact) mass is 185 g/mol. The van der Waals surface area contributed by atoms with Gasteiger partial charge in [-0.15, -0.1) is 0 Å². The van der Waals surface area contributed by atoms with Crippen molar-refractivity contribution in [2.75, 3.05) is 0 Å². The molecule has 0 radical (unpaired) electrons. The number of nitrogens with two attached hydrogens (primary N) is 1. The number of carbonyl (C=O) groups is 1. The molecule has 0 spiro atoms. The molecule has 0 saturated heterocycles. The molecule has 1 saturated carbocycles. The zero-order valence-corrected chi connectivity index (χ0v) is 8.67. The van der Waals surface area contributed by atoms with Gasteiger partial charge in [0.2, 0.25) is 0 Å². The van der Waals surface area contributed by atoms with Crippen LogP contribution in [0.3, 0.4) is 0 Å². The normalized spacial score (nSPS) is 28.9. The lowest BCUT2D eigenvalue weighted by Crippen LogP contribution is -2.35. The number of hydrogen-bond donors (Lipinski definition) is 1. The van der Waals surface area contributed by atoms with E-state index in [-0.39, 0.29) is 23.5 Å². The van der Waals surface area contributed by atoms with Crippen molar-refractivity contribution in [3.05, 3.63) is 0 Å². The fourth-order valence-corrected chi connectivity index (χ4v) is 1.66. The van der Waals surface area contributed by atoms with E-state index in [2.05, 4.69) is 0 Å². The minimum absolute atomic E-state index is 0.00912. The zero-order valence-electron chi connectivity index (χ0n) is 8.67. The van der Waals surface area contributed by atoms with Gasteiger partial charge in [-0.25, -0.2) is 0 Å². The van der Waals surface area contributed by atoms with Crippen LogP contribution in [0.2, 0.25) is 0 Å². The van der Waals surface area contributed by atoms with E-state index in [4.69, 9.17) is 10.5 Å². The largest absolute Gasteiger partial charge is 0.460 e. The molecular formula is C10H19NO2. The predicted octanol–water partition coefficient (Wildman–Crippen LogP) is 1.46. The van der Waals surface area contributed by atoms with E-state index >= 15 is 0 Å². The van der Waals surface area contributed by atoms with Crippen LogP contribution in [0.15, 0.2) is 0 Å². The van der Waals surface area contributed by atoms with Crippen LogP contribution in [0, 0.1) is 5.92 Å². The Bertz CT molecular complexity index is 196. The fourth-order valence-electron chi connectivity index (χ4n) is 1.66. The lowest BCUT2D eigenvalue weighted by Gasteiger charge is -2.23. The minimum Gasteiger partial charge on any atom is -0.460 e. The molecule has 1 aliphatic rings. The summed E-state index contributed by atoms with van der Waals surface area (Å²) in [7, 11) is 0. The molecule has 1 rings (SSSR count). The van der Waals surface area contributed by atoms with Crippen molar-refractivity contribution >= 4 is 5.97 Å². The first-order valence-electron chi connectivity index (χ1n) is 4.88. The average molecular weight is 185 g/mol. The molecule has 2 N–H and O–H groups in total. The lowest BCUT2D eigenvalue weighted by molar-refractivity contribution is -0.160. The number of rotatable bonds is 1. The highest BCUT2D eigenvalue weighted by Crippen LogP contribution is 2.26. The van der Waals surface area contributed by atoms with Crippen LogP contribution in [0.4, 0.5) is 0 Å². The van der Waals surface area contributed by atoms with Gasteiger partial charge in [0, 0.05) is 6.04 Å². The molecular weight excluding hydrogens is 166 g/mol. The molecule has 1 aliphatic carbocycles. The quantitative estimate of drug-likeness (QED) is 0.629. The predicted molar refractivity (Wildman–Crippen MR) is 51.2 cm³/mol. The molecule has 0 unspecified atom stereocenters. The summed E-state index contributed by atoms with van der Waals surface area (Å²) in [6, 6.07) is 0.00912. The zero-order chi connectivity index (χ0) is 10.1. The first-order chi connectivity index (χ1) is 5.90. The molecule has 3 nitrogen and oxygen atoms in total. The van der Waals surface area contributed by atoms with Crippen molar-refractivity contribution in [3.63, 3.8) is 0 Å². The molecule has 2 atom stereocenters. The Morgan fingerprint density at radius 2 is 2.00 bits per heavy atom. The van der Waals surface area contributed by atoms with Crippen LogP contribution in [0.25, 0.3) is 0 Å². The minimum atomic E-state index is -0.389. The van der Waals surface area contributed by atoms with Gasteiger partial charge in [0.15, 0.2) is 0 Å². The van der Waals surface area contributed by atoms with E-state index < -0.39 is 0 Å². The molecule has 3 heteroatoms. The SMILES string of the molecule is CC(C)(C)OC(=O)[C@@H]1CCC[C@H]1N. The number of hydrogen-bond acceptors (Lipinski definition) is 3. The second kappa shape index (κ2) is 3.66. The Balaban J connectivity index is 2.48. The van der Waals surface area contributed by atoms with E-state index in [0.29, 0.717) is 0 Å². The van der Waals surface area contributed by atoms with Gasteiger partial charge in [0.05, 0.1) is 5.92 Å². The number of carbonyl (C=O) groups excluding carboxylic acids is 1. The van der Waals surface area contributed by atoms with Crippen LogP contribution >= 0.6 is 0 Å². The summed E-state index contributed by atoms with van der Waals surface area (Å²) in [4.78, 5) is 11.6. The van der Waals surface area contributed by atoms with Crippen molar-refractivity contribution in [1.29, 1.82) is 0 Å². The molecule has 0 aromatic carbocycles. The summed E-state index contributed by atoms with van der Waals surface area (Å²) in [5.74, 6) is -0.197. The van der Waals surface area contributed by atoms with Gasteiger partial charge >= 0.3 is 5.97 Å². The highest BCUT2D eigenvalue weighted by molar-refractivity contribution is 5.74. The van der Waals surface area contributed by atoms with Gasteiger partial charge in [-0.1, -0.05) is 6.42 Å². The van der Waals surface area contributed by atoms with Crippen molar-refractivity contribution in [2.24, 2.45) is 11.7 Å². The van der Waals surface area contributed by atoms with Gasteiger partial charge < -0.3 is 10.5 Å². The smallest absolute Gasteiger partial charge is 0.311 e. The third-order valence-electron chi connectivity index (χ3n) is 2.28. The Kier molecular flexibility index (Phi) is 2.96. The third kappa shape index (κ3) is 2.99. The molecule has 0 heterocycles. The summed E-state index contributed by atoms with van der Waals surface area (Å²) in [6.07, 6.45) is 2.88. The Hall–Kier alpha value is -0.570. The van der Waals surface area contributed by atoms with Gasteiger partial charge in [0.25, 0.3) is 0 Å². The van der Waals surface area contributed by atoms with Crippen LogP contribution in [0.1, 0.15) is 40.0 Å². The maximum absolute atomic E-state index is 11.6. The van der Waals surface area contributed by atoms with E-state index in [1.54, 1.807) is 0 Å². The van der Waals surface area contributed by atoms with E-state index in [1.807, 2.05) is 20.8 Å². The van der Waals surface area contributed by atoms with Crippen molar-refractivity contribution in [3.8, 4) is 0 Å². The summed E-state index contributed by atoms with van der Waals surface area (Å²) >= 11 is 0. The standard InChI is InChI=1S/C10H19NO2/c1-10(2,3)13-9(12)7-5-4-6-8(7)11/h7-8H,4-6,11H2,1-3H3/t7-,8-/m1/s1. The van der Waals surface area contributed by atoms with E-state index in [0.717, 1.165) is 19.3 Å². The second-order valence-corrected chi connectivity index (χ2v) is 4.73. The van der Waals surface area contributed by atoms with Gasteiger partial charge in [-0.05, 0) is 33.6 Å². The third-order valence-corrected chi connectivity index (χ3v) is 2.28. The summed E-state index contributed by atoms with van der Waals surface area (Å²) in [6.45, 7) is 5.64. The fraction of sp³-hybridized carbons (Fsp3) is 0.900. The Morgan fingerprint density at radius 1 is 1.38 bits per heavy atom. The number of ether oxygens (including phenoxy) is 1. The van der Waals surface area contributed by atoms with E-state index in [1.165, 1.54) is 0 Å². The van der Waals surface area contributed by atoms with Crippen molar-refractivity contribution < 1.29 is 9.53 Å². The van der Waals surface area contributed by atoms with Crippen LogP contribution in [0.5, 0.6) is 0 Å². The summed E-state index contributed by atoms with van der Waals surface area (Å²) < 4.78 is 5.27. The Morgan fingerprint density at radius 3 is 2.38 bits per heavy atom. The summed E-state index contributed by atoms with van der Waals surface area (Å²) in [5.41, 5.74) is 5.41. The maximum atomic E-state index is 11.6. The summed E-state index contributed by atoms with van der Waals surface area (Å²) in [5, 5.41) is 0. The number of esters is 1. The molecule has 0 bridgehead atoms.